The predicted molar refractivity (Wildman–Crippen MR) is 198 cm³/mol. The lowest BCUT2D eigenvalue weighted by molar-refractivity contribution is 0.486. The second-order valence-corrected chi connectivity index (χ2v) is 13.5. The summed E-state index contributed by atoms with van der Waals surface area (Å²) in [6.45, 7) is 0.0188. The van der Waals surface area contributed by atoms with Gasteiger partial charge in [-0.15, -0.1) is 0 Å². The number of rotatable bonds is 3. The Balaban J connectivity index is 1.23. The maximum atomic E-state index is 10.2. The van der Waals surface area contributed by atoms with Crippen molar-refractivity contribution in [2.24, 2.45) is 0 Å². The lowest BCUT2D eigenvalue weighted by atomic mass is 9.35. The van der Waals surface area contributed by atoms with Gasteiger partial charge in [-0.1, -0.05) is 132 Å². The van der Waals surface area contributed by atoms with Gasteiger partial charge in [-0.25, -0.2) is 0 Å². The highest BCUT2D eigenvalue weighted by molar-refractivity contribution is 8.00. The summed E-state index contributed by atoms with van der Waals surface area (Å²) in [5.41, 5.74) is 12.0. The van der Waals surface area contributed by atoms with Crippen LogP contribution in [0.1, 0.15) is 5.56 Å². The van der Waals surface area contributed by atoms with Gasteiger partial charge in [-0.05, 0) is 63.5 Å². The first-order chi connectivity index (χ1) is 23.7. The van der Waals surface area contributed by atoms with E-state index in [1.165, 1.54) is 48.4 Å². The SMILES string of the molecule is N#Cc1cccc2c3ccccc3n(-c3cc4c5c(c3)Sc3cc(-c6ccccc6)ccc3B5c3cc(-c5ccccc5)ccc3O4)c12. The van der Waals surface area contributed by atoms with Crippen molar-refractivity contribution in [2.75, 3.05) is 0 Å². The molecule has 2 aliphatic rings. The minimum absolute atomic E-state index is 0.0188. The van der Waals surface area contributed by atoms with Crippen LogP contribution in [0.5, 0.6) is 11.5 Å². The first-order valence-corrected chi connectivity index (χ1v) is 16.9. The third-order valence-corrected chi connectivity index (χ3v) is 10.9. The zero-order valence-electron chi connectivity index (χ0n) is 25.7. The largest absolute Gasteiger partial charge is 0.458 e. The number of aromatic nitrogens is 1. The van der Waals surface area contributed by atoms with Gasteiger partial charge in [-0.2, -0.15) is 5.26 Å². The number of fused-ring (bicyclic) bond motifs is 7. The van der Waals surface area contributed by atoms with Gasteiger partial charge < -0.3 is 9.30 Å². The molecule has 0 unspecified atom stereocenters. The molecule has 8 aromatic rings. The van der Waals surface area contributed by atoms with Crippen molar-refractivity contribution in [1.29, 1.82) is 5.26 Å². The third kappa shape index (κ3) is 4.03. The van der Waals surface area contributed by atoms with Crippen LogP contribution >= 0.6 is 11.8 Å². The Morgan fingerprint density at radius 1 is 0.562 bits per heavy atom. The molecular formula is C43H25BN2OS. The van der Waals surface area contributed by atoms with Crippen molar-refractivity contribution in [3.8, 4) is 45.5 Å². The van der Waals surface area contributed by atoms with Gasteiger partial charge in [-0.3, -0.25) is 0 Å². The van der Waals surface area contributed by atoms with Crippen LogP contribution in [-0.2, 0) is 0 Å². The molecule has 0 amide bonds. The van der Waals surface area contributed by atoms with Gasteiger partial charge in [0.05, 0.1) is 22.3 Å². The number of benzene rings is 7. The molecule has 48 heavy (non-hydrogen) atoms. The minimum atomic E-state index is 0.0188. The highest BCUT2D eigenvalue weighted by Gasteiger charge is 2.40. The molecule has 0 aliphatic carbocycles. The molecule has 1 aromatic heterocycles. The van der Waals surface area contributed by atoms with Gasteiger partial charge >= 0.3 is 0 Å². The fraction of sp³-hybridized carbons (Fsp3) is 0. The van der Waals surface area contributed by atoms with Crippen LogP contribution in [0.3, 0.4) is 0 Å². The second-order valence-electron chi connectivity index (χ2n) is 12.4. The highest BCUT2D eigenvalue weighted by atomic mass is 32.2. The Morgan fingerprint density at radius 2 is 1.27 bits per heavy atom. The monoisotopic (exact) mass is 628 g/mol. The maximum Gasteiger partial charge on any atom is 0.253 e. The summed E-state index contributed by atoms with van der Waals surface area (Å²) in [6.07, 6.45) is 0. The van der Waals surface area contributed by atoms with Crippen LogP contribution in [0, 0.1) is 11.3 Å². The topological polar surface area (TPSA) is 38.0 Å². The molecule has 0 bridgehead atoms. The van der Waals surface area contributed by atoms with Crippen molar-refractivity contribution in [1.82, 2.24) is 4.57 Å². The highest BCUT2D eigenvalue weighted by Crippen LogP contribution is 2.42. The first-order valence-electron chi connectivity index (χ1n) is 16.1. The van der Waals surface area contributed by atoms with E-state index in [-0.39, 0.29) is 6.71 Å². The minimum Gasteiger partial charge on any atom is -0.458 e. The first kappa shape index (κ1) is 27.2. The van der Waals surface area contributed by atoms with Crippen molar-refractivity contribution < 1.29 is 4.74 Å². The lowest BCUT2D eigenvalue weighted by Gasteiger charge is -2.34. The number of nitriles is 1. The van der Waals surface area contributed by atoms with E-state index in [4.69, 9.17) is 4.74 Å². The van der Waals surface area contributed by atoms with Crippen LogP contribution in [0.4, 0.5) is 0 Å². The molecular weight excluding hydrogens is 603 g/mol. The number of ether oxygens (including phenoxy) is 1. The number of para-hydroxylation sites is 2. The molecule has 3 nitrogen and oxygen atoms in total. The van der Waals surface area contributed by atoms with E-state index in [9.17, 15) is 5.26 Å². The second kappa shape index (κ2) is 10.5. The Morgan fingerprint density at radius 3 is 2.06 bits per heavy atom. The summed E-state index contributed by atoms with van der Waals surface area (Å²) in [7, 11) is 0. The van der Waals surface area contributed by atoms with Crippen LogP contribution < -0.4 is 21.1 Å². The van der Waals surface area contributed by atoms with E-state index in [2.05, 4.69) is 150 Å². The van der Waals surface area contributed by atoms with Crippen LogP contribution in [0.25, 0.3) is 49.7 Å². The molecule has 0 N–H and O–H groups in total. The van der Waals surface area contributed by atoms with Crippen molar-refractivity contribution in [3.05, 3.63) is 157 Å². The number of nitrogens with zero attached hydrogens (tertiary/aromatic N) is 2. The molecule has 5 heteroatoms. The summed E-state index contributed by atoms with van der Waals surface area (Å²) in [5.74, 6) is 1.73. The average Bonchev–Trinajstić information content (AvgIpc) is 3.49. The maximum absolute atomic E-state index is 10.2. The van der Waals surface area contributed by atoms with E-state index in [1.807, 2.05) is 23.9 Å². The standard InChI is InChI=1S/C43H25BN2OS/c45-26-31-14-9-16-34-33-15-7-8-17-37(33)46(43(31)34)32-24-39-42-41(25-32)48-40-23-30(28-12-5-2-6-13-28)18-20-35(40)44(42)36-22-29(19-21-38(36)47-39)27-10-3-1-4-11-27/h1-25H. The molecule has 10 rings (SSSR count). The van der Waals surface area contributed by atoms with Crippen LogP contribution in [0.2, 0.25) is 0 Å². The summed E-state index contributed by atoms with van der Waals surface area (Å²) in [5, 5.41) is 12.4. The van der Waals surface area contributed by atoms with E-state index < -0.39 is 0 Å². The van der Waals surface area contributed by atoms with Crippen molar-refractivity contribution >= 4 is 56.7 Å². The van der Waals surface area contributed by atoms with Crippen LogP contribution in [-0.4, -0.2) is 11.3 Å². The Hall–Kier alpha value is -5.96. The Kier molecular flexibility index (Phi) is 5.97. The van der Waals surface area contributed by atoms with Gasteiger partial charge in [0.15, 0.2) is 0 Å². The molecule has 0 spiro atoms. The fourth-order valence-electron chi connectivity index (χ4n) is 7.61. The molecule has 0 saturated carbocycles. The summed E-state index contributed by atoms with van der Waals surface area (Å²) < 4.78 is 9.09. The van der Waals surface area contributed by atoms with E-state index in [0.29, 0.717) is 5.56 Å². The van der Waals surface area contributed by atoms with Gasteiger partial charge in [0.2, 0.25) is 0 Å². The summed E-state index contributed by atoms with van der Waals surface area (Å²) in [4.78, 5) is 2.41. The quantitative estimate of drug-likeness (QED) is 0.183. The summed E-state index contributed by atoms with van der Waals surface area (Å²) >= 11 is 1.81. The number of hydrogen-bond acceptors (Lipinski definition) is 3. The van der Waals surface area contributed by atoms with E-state index in [1.54, 1.807) is 0 Å². The Labute approximate surface area is 282 Å². The van der Waals surface area contributed by atoms with Gasteiger partial charge in [0, 0.05) is 26.6 Å². The predicted octanol–water partition coefficient (Wildman–Crippen LogP) is 9.08. The molecule has 0 radical (unpaired) electrons. The summed E-state index contributed by atoms with van der Waals surface area (Å²) in [6, 6.07) is 56.0. The third-order valence-electron chi connectivity index (χ3n) is 9.75. The van der Waals surface area contributed by atoms with Crippen molar-refractivity contribution in [2.45, 2.75) is 9.79 Å². The Bertz CT molecular complexity index is 2640. The fourth-order valence-corrected chi connectivity index (χ4v) is 8.85. The molecule has 0 atom stereocenters. The molecule has 0 fully saturated rings. The molecule has 7 aromatic carbocycles. The zero-order valence-corrected chi connectivity index (χ0v) is 26.5. The van der Waals surface area contributed by atoms with Gasteiger partial charge in [0.1, 0.15) is 17.6 Å². The van der Waals surface area contributed by atoms with Gasteiger partial charge in [0.25, 0.3) is 6.71 Å². The molecule has 0 saturated heterocycles. The molecule has 222 valence electrons. The van der Waals surface area contributed by atoms with Crippen LogP contribution in [0.15, 0.2) is 161 Å². The number of hydrogen-bond donors (Lipinski definition) is 0. The normalized spacial score (nSPS) is 12.6. The molecule has 2 aliphatic heterocycles. The van der Waals surface area contributed by atoms with E-state index in [0.717, 1.165) is 39.0 Å². The zero-order chi connectivity index (χ0) is 31.8. The van der Waals surface area contributed by atoms with E-state index >= 15 is 0 Å². The molecule has 3 heterocycles. The smallest absolute Gasteiger partial charge is 0.253 e. The lowest BCUT2D eigenvalue weighted by Crippen LogP contribution is -2.57. The average molecular weight is 629 g/mol. The van der Waals surface area contributed by atoms with Crippen molar-refractivity contribution in [3.63, 3.8) is 0 Å².